The maximum Gasteiger partial charge on any atom is 0.389 e. The van der Waals surface area contributed by atoms with Crippen LogP contribution in [0.5, 0.6) is 0 Å². The highest BCUT2D eigenvalue weighted by atomic mass is 19.4. The molecule has 1 atom stereocenters. The Labute approximate surface area is 108 Å². The van der Waals surface area contributed by atoms with Crippen LogP contribution >= 0.6 is 0 Å². The maximum absolute atomic E-state index is 12.0. The summed E-state index contributed by atoms with van der Waals surface area (Å²) in [6.45, 7) is 10.0. The molecule has 0 saturated carbocycles. The SMILES string of the molecule is CC(C)CNCC(OCCCC(F)(F)F)C(C)C. The maximum atomic E-state index is 12.0. The largest absolute Gasteiger partial charge is 0.389 e. The summed E-state index contributed by atoms with van der Waals surface area (Å²) in [5.74, 6) is 0.860. The number of ether oxygens (including phenoxy) is 1. The first kappa shape index (κ1) is 17.7. The Kier molecular flexibility index (Phi) is 8.61. The molecule has 1 N–H and O–H groups in total. The summed E-state index contributed by atoms with van der Waals surface area (Å²) >= 11 is 0. The highest BCUT2D eigenvalue weighted by Gasteiger charge is 2.26. The molecule has 0 spiro atoms. The van der Waals surface area contributed by atoms with Crippen LogP contribution in [0.25, 0.3) is 0 Å². The van der Waals surface area contributed by atoms with Crippen LogP contribution in [0, 0.1) is 11.8 Å². The number of halogens is 3. The summed E-state index contributed by atoms with van der Waals surface area (Å²) in [5.41, 5.74) is 0. The lowest BCUT2D eigenvalue weighted by Gasteiger charge is -2.22. The minimum atomic E-state index is -4.08. The molecule has 0 aromatic heterocycles. The number of nitrogens with one attached hydrogen (secondary N) is 1. The van der Waals surface area contributed by atoms with E-state index in [1.807, 2.05) is 13.8 Å². The van der Waals surface area contributed by atoms with Gasteiger partial charge in [0.2, 0.25) is 0 Å². The van der Waals surface area contributed by atoms with Gasteiger partial charge in [0.15, 0.2) is 0 Å². The van der Waals surface area contributed by atoms with E-state index < -0.39 is 12.6 Å². The average Bonchev–Trinajstić information content (AvgIpc) is 2.19. The standard InChI is InChI=1S/C13H26F3NO/c1-10(2)8-17-9-12(11(3)4)18-7-5-6-13(14,15)16/h10-12,17H,5-9H2,1-4H3. The molecular weight excluding hydrogens is 243 g/mol. The topological polar surface area (TPSA) is 21.3 Å². The van der Waals surface area contributed by atoms with Crippen molar-refractivity contribution in [1.29, 1.82) is 0 Å². The lowest BCUT2D eigenvalue weighted by molar-refractivity contribution is -0.139. The molecular formula is C13H26F3NO. The number of alkyl halides is 3. The predicted molar refractivity (Wildman–Crippen MR) is 67.6 cm³/mol. The van der Waals surface area contributed by atoms with Crippen molar-refractivity contribution < 1.29 is 17.9 Å². The Balaban J connectivity index is 3.77. The molecule has 0 heterocycles. The quantitative estimate of drug-likeness (QED) is 0.646. The summed E-state index contributed by atoms with van der Waals surface area (Å²) in [6, 6.07) is 0. The number of rotatable bonds is 9. The van der Waals surface area contributed by atoms with Gasteiger partial charge in [0, 0.05) is 19.6 Å². The summed E-state index contributed by atoms with van der Waals surface area (Å²) < 4.78 is 41.4. The fraction of sp³-hybridized carbons (Fsp3) is 1.00. The summed E-state index contributed by atoms with van der Waals surface area (Å²) in [7, 11) is 0. The van der Waals surface area contributed by atoms with E-state index in [9.17, 15) is 13.2 Å². The van der Waals surface area contributed by atoms with E-state index in [0.717, 1.165) is 6.54 Å². The van der Waals surface area contributed by atoms with Crippen molar-refractivity contribution in [3.63, 3.8) is 0 Å². The molecule has 1 unspecified atom stereocenters. The molecule has 0 radical (unpaired) electrons. The molecule has 0 fully saturated rings. The lowest BCUT2D eigenvalue weighted by Crippen LogP contribution is -2.35. The minimum absolute atomic E-state index is 0.0167. The molecule has 0 aliphatic heterocycles. The highest BCUT2D eigenvalue weighted by molar-refractivity contribution is 4.66. The summed E-state index contributed by atoms with van der Waals surface area (Å²) in [5, 5.41) is 3.28. The molecule has 0 aliphatic carbocycles. The second-order valence-electron chi connectivity index (χ2n) is 5.42. The van der Waals surface area contributed by atoms with Crippen molar-refractivity contribution in [2.75, 3.05) is 19.7 Å². The molecule has 0 aromatic rings. The van der Waals surface area contributed by atoms with Crippen LogP contribution in [-0.4, -0.2) is 32.0 Å². The van der Waals surface area contributed by atoms with E-state index in [2.05, 4.69) is 19.2 Å². The van der Waals surface area contributed by atoms with Crippen LogP contribution in [-0.2, 0) is 4.74 Å². The van der Waals surface area contributed by atoms with E-state index in [0.29, 0.717) is 18.4 Å². The van der Waals surface area contributed by atoms with E-state index in [-0.39, 0.29) is 19.1 Å². The van der Waals surface area contributed by atoms with E-state index in [1.54, 1.807) is 0 Å². The van der Waals surface area contributed by atoms with Gasteiger partial charge in [-0.3, -0.25) is 0 Å². The highest BCUT2D eigenvalue weighted by Crippen LogP contribution is 2.21. The molecule has 2 nitrogen and oxygen atoms in total. The number of hydrogen-bond acceptors (Lipinski definition) is 2. The minimum Gasteiger partial charge on any atom is -0.377 e. The van der Waals surface area contributed by atoms with Crippen molar-refractivity contribution in [2.45, 2.75) is 52.8 Å². The van der Waals surface area contributed by atoms with Gasteiger partial charge < -0.3 is 10.1 Å². The summed E-state index contributed by atoms with van der Waals surface area (Å²) in [4.78, 5) is 0. The van der Waals surface area contributed by atoms with E-state index in [4.69, 9.17) is 4.74 Å². The first-order valence-corrected chi connectivity index (χ1v) is 6.61. The Morgan fingerprint density at radius 3 is 2.11 bits per heavy atom. The van der Waals surface area contributed by atoms with Gasteiger partial charge in [0.25, 0.3) is 0 Å². The summed E-state index contributed by atoms with van der Waals surface area (Å²) in [6.07, 6.45) is -4.82. The monoisotopic (exact) mass is 269 g/mol. The molecule has 0 aliphatic rings. The Morgan fingerprint density at radius 2 is 1.67 bits per heavy atom. The van der Waals surface area contributed by atoms with Gasteiger partial charge in [-0.25, -0.2) is 0 Å². The van der Waals surface area contributed by atoms with E-state index >= 15 is 0 Å². The Bertz CT molecular complexity index is 205. The van der Waals surface area contributed by atoms with Crippen molar-refractivity contribution in [1.82, 2.24) is 5.32 Å². The van der Waals surface area contributed by atoms with Gasteiger partial charge in [-0.05, 0) is 24.8 Å². The molecule has 0 saturated heterocycles. The predicted octanol–water partition coefficient (Wildman–Crippen LogP) is 3.62. The molecule has 0 aromatic carbocycles. The van der Waals surface area contributed by atoms with E-state index in [1.165, 1.54) is 0 Å². The molecule has 0 bridgehead atoms. The van der Waals surface area contributed by atoms with Crippen LogP contribution in [0.15, 0.2) is 0 Å². The molecule has 0 amide bonds. The fourth-order valence-corrected chi connectivity index (χ4v) is 1.51. The first-order chi connectivity index (χ1) is 8.22. The lowest BCUT2D eigenvalue weighted by atomic mass is 10.1. The van der Waals surface area contributed by atoms with Crippen LogP contribution in [0.1, 0.15) is 40.5 Å². The average molecular weight is 269 g/mol. The third kappa shape index (κ3) is 10.8. The third-order valence-electron chi connectivity index (χ3n) is 2.58. The van der Waals surface area contributed by atoms with Gasteiger partial charge in [0.05, 0.1) is 6.10 Å². The Morgan fingerprint density at radius 1 is 1.06 bits per heavy atom. The zero-order valence-corrected chi connectivity index (χ0v) is 11.8. The first-order valence-electron chi connectivity index (χ1n) is 6.61. The normalized spacial score (nSPS) is 14.5. The van der Waals surface area contributed by atoms with Crippen LogP contribution in [0.2, 0.25) is 0 Å². The number of hydrogen-bond donors (Lipinski definition) is 1. The van der Waals surface area contributed by atoms with Crippen molar-refractivity contribution >= 4 is 0 Å². The third-order valence-corrected chi connectivity index (χ3v) is 2.58. The van der Waals surface area contributed by atoms with Gasteiger partial charge in [0.1, 0.15) is 0 Å². The smallest absolute Gasteiger partial charge is 0.377 e. The van der Waals surface area contributed by atoms with Crippen LogP contribution < -0.4 is 5.32 Å². The van der Waals surface area contributed by atoms with Crippen molar-refractivity contribution in [2.24, 2.45) is 11.8 Å². The molecule has 5 heteroatoms. The van der Waals surface area contributed by atoms with Gasteiger partial charge in [-0.2, -0.15) is 13.2 Å². The molecule has 0 rings (SSSR count). The molecule has 18 heavy (non-hydrogen) atoms. The fourth-order valence-electron chi connectivity index (χ4n) is 1.51. The second-order valence-corrected chi connectivity index (χ2v) is 5.42. The van der Waals surface area contributed by atoms with Gasteiger partial charge in [-0.15, -0.1) is 0 Å². The second kappa shape index (κ2) is 8.75. The Hall–Kier alpha value is -0.290. The van der Waals surface area contributed by atoms with Crippen molar-refractivity contribution in [3.05, 3.63) is 0 Å². The van der Waals surface area contributed by atoms with Gasteiger partial charge in [-0.1, -0.05) is 27.7 Å². The molecule has 110 valence electrons. The van der Waals surface area contributed by atoms with Crippen LogP contribution in [0.4, 0.5) is 13.2 Å². The van der Waals surface area contributed by atoms with Crippen LogP contribution in [0.3, 0.4) is 0 Å². The van der Waals surface area contributed by atoms with Crippen molar-refractivity contribution in [3.8, 4) is 0 Å². The zero-order chi connectivity index (χ0) is 14.2. The zero-order valence-electron chi connectivity index (χ0n) is 11.8. The van der Waals surface area contributed by atoms with Gasteiger partial charge >= 0.3 is 6.18 Å².